The van der Waals surface area contributed by atoms with Crippen LogP contribution in [0.25, 0.3) is 5.65 Å². The highest BCUT2D eigenvalue weighted by molar-refractivity contribution is 7.07. The van der Waals surface area contributed by atoms with Gasteiger partial charge in [-0.15, -0.1) is 5.10 Å². The summed E-state index contributed by atoms with van der Waals surface area (Å²) < 4.78 is 1.47. The molecular formula is C13H12ClN5O2S. The van der Waals surface area contributed by atoms with Crippen LogP contribution in [0.2, 0.25) is 5.02 Å². The first kappa shape index (κ1) is 14.8. The van der Waals surface area contributed by atoms with E-state index in [0.717, 1.165) is 5.56 Å². The molecule has 9 heteroatoms. The predicted octanol–water partition coefficient (Wildman–Crippen LogP) is 2.30. The minimum Gasteiger partial charge on any atom is -0.387 e. The number of fused-ring (bicyclic) bond motifs is 1. The van der Waals surface area contributed by atoms with Crippen LogP contribution in [-0.4, -0.2) is 32.3 Å². The summed E-state index contributed by atoms with van der Waals surface area (Å²) in [5, 5.41) is 23.3. The number of rotatable bonds is 4. The van der Waals surface area contributed by atoms with E-state index in [1.54, 1.807) is 18.3 Å². The van der Waals surface area contributed by atoms with Gasteiger partial charge < -0.3 is 10.4 Å². The highest BCUT2D eigenvalue weighted by atomic mass is 35.5. The SMILES string of the molecule is O=C(NCC(O)c1ccsc1)Nc1nc2ccc(Cl)cn2n1. The van der Waals surface area contributed by atoms with Crippen LogP contribution < -0.4 is 10.6 Å². The Bertz CT molecular complexity index is 789. The fourth-order valence-electron chi connectivity index (χ4n) is 1.83. The summed E-state index contributed by atoms with van der Waals surface area (Å²) in [5.74, 6) is 0.157. The van der Waals surface area contributed by atoms with Crippen molar-refractivity contribution in [3.8, 4) is 0 Å². The number of aliphatic hydroxyl groups is 1. The predicted molar refractivity (Wildman–Crippen MR) is 84.3 cm³/mol. The molecule has 0 aromatic carbocycles. The third kappa shape index (κ3) is 3.35. The first-order valence-electron chi connectivity index (χ1n) is 6.39. The fraction of sp³-hybridized carbons (Fsp3) is 0.154. The Labute approximate surface area is 134 Å². The molecular weight excluding hydrogens is 326 g/mol. The van der Waals surface area contributed by atoms with Gasteiger partial charge in [0.05, 0.1) is 11.1 Å². The number of aliphatic hydroxyl groups excluding tert-OH is 1. The summed E-state index contributed by atoms with van der Waals surface area (Å²) in [6.45, 7) is 0.0990. The van der Waals surface area contributed by atoms with E-state index < -0.39 is 12.1 Å². The number of nitrogens with zero attached hydrogens (tertiary/aromatic N) is 3. The van der Waals surface area contributed by atoms with Crippen LogP contribution >= 0.6 is 22.9 Å². The van der Waals surface area contributed by atoms with Crippen LogP contribution in [0.4, 0.5) is 10.7 Å². The molecule has 3 aromatic rings. The first-order chi connectivity index (χ1) is 10.6. The zero-order valence-corrected chi connectivity index (χ0v) is 12.8. The number of aromatic nitrogens is 3. The number of carbonyl (C=O) groups is 1. The van der Waals surface area contributed by atoms with Crippen molar-refractivity contribution in [2.45, 2.75) is 6.10 Å². The number of amides is 2. The number of anilines is 1. The molecule has 22 heavy (non-hydrogen) atoms. The molecule has 0 aliphatic carbocycles. The third-order valence-corrected chi connectivity index (χ3v) is 3.83. The van der Waals surface area contributed by atoms with Gasteiger partial charge in [-0.2, -0.15) is 16.3 Å². The minimum absolute atomic E-state index is 0.0990. The molecule has 0 aliphatic rings. The molecule has 0 radical (unpaired) electrons. The maximum atomic E-state index is 11.8. The Morgan fingerprint density at radius 1 is 1.45 bits per heavy atom. The lowest BCUT2D eigenvalue weighted by molar-refractivity contribution is 0.175. The maximum Gasteiger partial charge on any atom is 0.321 e. The summed E-state index contributed by atoms with van der Waals surface area (Å²) in [6, 6.07) is 4.70. The number of hydrogen-bond donors (Lipinski definition) is 3. The lowest BCUT2D eigenvalue weighted by Crippen LogP contribution is -2.32. The van der Waals surface area contributed by atoms with Gasteiger partial charge in [0.25, 0.3) is 5.95 Å². The van der Waals surface area contributed by atoms with Crippen LogP contribution in [0.3, 0.4) is 0 Å². The summed E-state index contributed by atoms with van der Waals surface area (Å²) >= 11 is 7.34. The molecule has 3 rings (SSSR count). The van der Waals surface area contributed by atoms with E-state index in [-0.39, 0.29) is 12.5 Å². The van der Waals surface area contributed by atoms with E-state index in [4.69, 9.17) is 11.6 Å². The van der Waals surface area contributed by atoms with Crippen molar-refractivity contribution in [3.63, 3.8) is 0 Å². The van der Waals surface area contributed by atoms with E-state index in [1.807, 2.05) is 16.8 Å². The van der Waals surface area contributed by atoms with E-state index in [1.165, 1.54) is 15.9 Å². The van der Waals surface area contributed by atoms with E-state index in [2.05, 4.69) is 20.7 Å². The molecule has 0 aliphatic heterocycles. The first-order valence-corrected chi connectivity index (χ1v) is 7.71. The zero-order chi connectivity index (χ0) is 15.5. The van der Waals surface area contributed by atoms with Gasteiger partial charge in [-0.25, -0.2) is 9.31 Å². The van der Waals surface area contributed by atoms with Gasteiger partial charge in [0.15, 0.2) is 5.65 Å². The molecule has 3 aromatic heterocycles. The Morgan fingerprint density at radius 3 is 3.09 bits per heavy atom. The second-order valence-corrected chi connectivity index (χ2v) is 5.71. The van der Waals surface area contributed by atoms with Gasteiger partial charge in [0.2, 0.25) is 0 Å². The fourth-order valence-corrected chi connectivity index (χ4v) is 2.69. The second-order valence-electron chi connectivity index (χ2n) is 4.49. The van der Waals surface area contributed by atoms with Crippen LogP contribution in [0, 0.1) is 0 Å². The van der Waals surface area contributed by atoms with Crippen LogP contribution in [0.5, 0.6) is 0 Å². The quantitative estimate of drug-likeness (QED) is 0.681. The Balaban J connectivity index is 1.58. The largest absolute Gasteiger partial charge is 0.387 e. The number of thiophene rings is 1. The number of nitrogens with one attached hydrogen (secondary N) is 2. The molecule has 0 saturated heterocycles. The van der Waals surface area contributed by atoms with Gasteiger partial charge in [0, 0.05) is 12.7 Å². The van der Waals surface area contributed by atoms with Crippen LogP contribution in [-0.2, 0) is 0 Å². The summed E-state index contributed by atoms with van der Waals surface area (Å²) in [7, 11) is 0. The smallest absolute Gasteiger partial charge is 0.321 e. The van der Waals surface area contributed by atoms with Crippen molar-refractivity contribution in [1.29, 1.82) is 0 Å². The highest BCUT2D eigenvalue weighted by Gasteiger charge is 2.11. The molecule has 2 amide bonds. The number of urea groups is 1. The third-order valence-electron chi connectivity index (χ3n) is 2.90. The number of carbonyl (C=O) groups excluding carboxylic acids is 1. The average Bonchev–Trinajstić information content (AvgIpc) is 3.13. The van der Waals surface area contributed by atoms with Crippen molar-refractivity contribution >= 4 is 40.6 Å². The summed E-state index contributed by atoms with van der Waals surface area (Å²) in [4.78, 5) is 15.9. The van der Waals surface area contributed by atoms with Crippen molar-refractivity contribution in [2.24, 2.45) is 0 Å². The van der Waals surface area contributed by atoms with Gasteiger partial charge in [-0.3, -0.25) is 5.32 Å². The van der Waals surface area contributed by atoms with E-state index in [9.17, 15) is 9.90 Å². The molecule has 0 spiro atoms. The monoisotopic (exact) mass is 337 g/mol. The summed E-state index contributed by atoms with van der Waals surface area (Å²) in [6.07, 6.45) is 0.845. The topological polar surface area (TPSA) is 91.5 Å². The molecule has 1 unspecified atom stereocenters. The number of hydrogen-bond acceptors (Lipinski definition) is 5. The van der Waals surface area contributed by atoms with Crippen molar-refractivity contribution < 1.29 is 9.90 Å². The molecule has 114 valence electrons. The molecule has 0 bridgehead atoms. The van der Waals surface area contributed by atoms with Crippen molar-refractivity contribution in [1.82, 2.24) is 19.9 Å². The zero-order valence-electron chi connectivity index (χ0n) is 11.2. The minimum atomic E-state index is -0.746. The Kier molecular flexibility index (Phi) is 4.23. The van der Waals surface area contributed by atoms with Crippen molar-refractivity contribution in [2.75, 3.05) is 11.9 Å². The molecule has 0 fully saturated rings. The maximum absolute atomic E-state index is 11.8. The van der Waals surface area contributed by atoms with E-state index in [0.29, 0.717) is 10.7 Å². The van der Waals surface area contributed by atoms with Gasteiger partial charge in [-0.05, 0) is 34.5 Å². The lowest BCUT2D eigenvalue weighted by atomic mass is 10.2. The van der Waals surface area contributed by atoms with E-state index >= 15 is 0 Å². The number of halogens is 1. The number of pyridine rings is 1. The molecule has 1 atom stereocenters. The normalized spacial score (nSPS) is 12.3. The standard InChI is InChI=1S/C13H12ClN5O2S/c14-9-1-2-11-16-12(18-19(11)6-9)17-13(21)15-5-10(20)8-3-4-22-7-8/h1-4,6-7,10,20H,5H2,(H2,15,17,18,21). The molecule has 0 saturated carbocycles. The molecule has 7 nitrogen and oxygen atoms in total. The molecule has 3 N–H and O–H groups in total. The van der Waals surface area contributed by atoms with Crippen LogP contribution in [0.1, 0.15) is 11.7 Å². The van der Waals surface area contributed by atoms with Gasteiger partial charge in [-0.1, -0.05) is 11.6 Å². The van der Waals surface area contributed by atoms with Gasteiger partial charge >= 0.3 is 6.03 Å². The second kappa shape index (κ2) is 6.30. The highest BCUT2D eigenvalue weighted by Crippen LogP contribution is 2.15. The Hall–Kier alpha value is -2.16. The van der Waals surface area contributed by atoms with Crippen molar-refractivity contribution in [3.05, 3.63) is 45.7 Å². The lowest BCUT2D eigenvalue weighted by Gasteiger charge is -2.10. The Morgan fingerprint density at radius 2 is 2.32 bits per heavy atom. The molecule has 3 heterocycles. The summed E-state index contributed by atoms with van der Waals surface area (Å²) in [5.41, 5.74) is 1.34. The van der Waals surface area contributed by atoms with Gasteiger partial charge in [0.1, 0.15) is 0 Å². The average molecular weight is 338 g/mol. The van der Waals surface area contributed by atoms with Crippen LogP contribution in [0.15, 0.2) is 35.2 Å².